The number of nitrogens with one attached hydrogen (secondary N) is 1. The molecule has 1 atom stereocenters. The minimum absolute atomic E-state index is 0.0107. The smallest absolute Gasteiger partial charge is 0.221 e. The number of allylic oxidation sites excluding steroid dienone is 4. The first-order valence-corrected chi connectivity index (χ1v) is 13.5. The van der Waals surface area contributed by atoms with Gasteiger partial charge in [0, 0.05) is 37.3 Å². The molecule has 1 aromatic carbocycles. The summed E-state index contributed by atoms with van der Waals surface area (Å²) in [6, 6.07) is 6.53. The number of hydrazine groups is 1. The van der Waals surface area contributed by atoms with Crippen LogP contribution in [0, 0.1) is 0 Å². The summed E-state index contributed by atoms with van der Waals surface area (Å²) in [4.78, 5) is 18.6. The number of hydrogen-bond acceptors (Lipinski definition) is 7. The van der Waals surface area contributed by atoms with Gasteiger partial charge in [0.25, 0.3) is 0 Å². The van der Waals surface area contributed by atoms with Crippen LogP contribution in [0.5, 0.6) is 0 Å². The topological polar surface area (TPSA) is 139 Å². The molecule has 1 heterocycles. The van der Waals surface area contributed by atoms with E-state index in [2.05, 4.69) is 40.7 Å². The van der Waals surface area contributed by atoms with Gasteiger partial charge in [0.1, 0.15) is 11.6 Å². The molecule has 1 aromatic heterocycles. The highest BCUT2D eigenvalue weighted by molar-refractivity contribution is 6.30. The van der Waals surface area contributed by atoms with Crippen LogP contribution in [0.15, 0.2) is 71.2 Å². The SMILES string of the molecule is C=C/C=C\C/C(Cl)=C(/F)C(C)N(N)/C(=N\N)c1cc(-c2ccc(CN(CC)CCC)c(NC(C)=O)c2)cnc1N. The Kier molecular flexibility index (Phi) is 12.8. The number of carbonyl (C=O) groups is 1. The Labute approximate surface area is 241 Å². The maximum atomic E-state index is 15.1. The van der Waals surface area contributed by atoms with Crippen LogP contribution in [0.25, 0.3) is 11.1 Å². The fraction of sp³-hybridized carbons (Fsp3) is 0.345. The number of hydrazone groups is 1. The van der Waals surface area contributed by atoms with Gasteiger partial charge < -0.3 is 16.9 Å². The van der Waals surface area contributed by atoms with E-state index in [4.69, 9.17) is 29.0 Å². The molecule has 9 nitrogen and oxygen atoms in total. The van der Waals surface area contributed by atoms with Crippen LogP contribution in [0.3, 0.4) is 0 Å². The van der Waals surface area contributed by atoms with Gasteiger partial charge in [-0.3, -0.25) is 14.7 Å². The summed E-state index contributed by atoms with van der Waals surface area (Å²) < 4.78 is 15.1. The summed E-state index contributed by atoms with van der Waals surface area (Å²) in [7, 11) is 0. The van der Waals surface area contributed by atoms with E-state index < -0.39 is 11.9 Å². The molecule has 0 radical (unpaired) electrons. The number of amidine groups is 1. The van der Waals surface area contributed by atoms with Crippen molar-refractivity contribution in [3.05, 3.63) is 77.3 Å². The van der Waals surface area contributed by atoms with Crippen LogP contribution >= 0.6 is 11.6 Å². The minimum atomic E-state index is -0.995. The van der Waals surface area contributed by atoms with E-state index in [1.807, 2.05) is 18.2 Å². The first kappa shape index (κ1) is 32.5. The Morgan fingerprint density at radius 2 is 2.02 bits per heavy atom. The number of halogens is 2. The molecule has 2 aromatic rings. The fourth-order valence-corrected chi connectivity index (χ4v) is 4.34. The van der Waals surface area contributed by atoms with E-state index in [9.17, 15) is 4.79 Å². The Bertz CT molecular complexity index is 1280. The summed E-state index contributed by atoms with van der Waals surface area (Å²) in [6.45, 7) is 13.4. The largest absolute Gasteiger partial charge is 0.383 e. The lowest BCUT2D eigenvalue weighted by atomic mass is 10.0. The van der Waals surface area contributed by atoms with Crippen LogP contribution in [0.2, 0.25) is 0 Å². The van der Waals surface area contributed by atoms with Crippen molar-refractivity contribution in [2.45, 2.75) is 53.1 Å². The molecule has 0 spiro atoms. The van der Waals surface area contributed by atoms with Crippen molar-refractivity contribution < 1.29 is 9.18 Å². The number of pyridine rings is 1. The van der Waals surface area contributed by atoms with E-state index in [1.54, 1.807) is 30.5 Å². The number of aromatic nitrogens is 1. The maximum Gasteiger partial charge on any atom is 0.221 e. The summed E-state index contributed by atoms with van der Waals surface area (Å²) in [6.07, 6.45) is 7.72. The van der Waals surface area contributed by atoms with Crippen LogP contribution in [-0.4, -0.2) is 45.8 Å². The monoisotopic (exact) mass is 570 g/mol. The highest BCUT2D eigenvalue weighted by atomic mass is 35.5. The number of anilines is 2. The normalized spacial score (nSPS) is 13.3. The third kappa shape index (κ3) is 8.64. The quantitative estimate of drug-likeness (QED) is 0.0847. The third-order valence-electron chi connectivity index (χ3n) is 6.27. The zero-order valence-electron chi connectivity index (χ0n) is 23.6. The van der Waals surface area contributed by atoms with E-state index in [0.717, 1.165) is 35.6 Å². The lowest BCUT2D eigenvalue weighted by Gasteiger charge is -2.27. The van der Waals surface area contributed by atoms with Gasteiger partial charge in [-0.15, -0.1) is 0 Å². The number of rotatable bonds is 13. The Balaban J connectivity index is 2.47. The molecular formula is C29H40ClFN8O. The Morgan fingerprint density at radius 3 is 2.62 bits per heavy atom. The predicted octanol–water partition coefficient (Wildman–Crippen LogP) is 5.26. The molecule has 11 heteroatoms. The Morgan fingerprint density at radius 1 is 1.30 bits per heavy atom. The molecule has 40 heavy (non-hydrogen) atoms. The number of benzene rings is 1. The van der Waals surface area contributed by atoms with E-state index in [1.165, 1.54) is 13.8 Å². The first-order chi connectivity index (χ1) is 19.1. The molecule has 2 rings (SSSR count). The molecule has 0 aliphatic rings. The van der Waals surface area contributed by atoms with Gasteiger partial charge in [0.2, 0.25) is 5.91 Å². The molecule has 0 fully saturated rings. The number of nitrogens with two attached hydrogens (primary N) is 3. The van der Waals surface area contributed by atoms with E-state index in [-0.39, 0.29) is 29.0 Å². The standard InChI is InChI=1S/C29H40ClFN8O/c1-6-9-10-11-25(30)27(31)19(4)39(34)29(37-33)24-15-23(17-35-28(24)32)21-12-13-22(18-38(8-3)14-7-2)26(16-21)36-20(5)40/h6,9-10,12-13,15-17,19H,1,7-8,11,14,18,33-34H2,2-5H3,(H2,32,35)(H,36,40)/b10-9-,27-25-,37-29-. The summed E-state index contributed by atoms with van der Waals surface area (Å²) in [5.74, 6) is 11.3. The highest BCUT2D eigenvalue weighted by Gasteiger charge is 2.25. The van der Waals surface area contributed by atoms with Gasteiger partial charge in [-0.25, -0.2) is 15.2 Å². The minimum Gasteiger partial charge on any atom is -0.383 e. The van der Waals surface area contributed by atoms with Crippen LogP contribution in [0.1, 0.15) is 51.7 Å². The van der Waals surface area contributed by atoms with E-state index >= 15 is 4.39 Å². The first-order valence-electron chi connectivity index (χ1n) is 13.1. The molecule has 0 aliphatic carbocycles. The van der Waals surface area contributed by atoms with Gasteiger partial charge in [-0.05, 0) is 49.7 Å². The number of amides is 1. The second-order valence-corrected chi connectivity index (χ2v) is 9.69. The molecule has 216 valence electrons. The molecule has 0 saturated heterocycles. The van der Waals surface area contributed by atoms with Gasteiger partial charge >= 0.3 is 0 Å². The fourth-order valence-electron chi connectivity index (χ4n) is 4.09. The van der Waals surface area contributed by atoms with Crippen molar-refractivity contribution in [1.82, 2.24) is 14.9 Å². The third-order valence-corrected chi connectivity index (χ3v) is 6.61. The molecular weight excluding hydrogens is 531 g/mol. The average molecular weight is 571 g/mol. The zero-order chi connectivity index (χ0) is 29.8. The second-order valence-electron chi connectivity index (χ2n) is 9.24. The van der Waals surface area contributed by atoms with Crippen molar-refractivity contribution in [2.75, 3.05) is 24.1 Å². The van der Waals surface area contributed by atoms with Crippen LogP contribution in [-0.2, 0) is 11.3 Å². The van der Waals surface area contributed by atoms with Crippen molar-refractivity contribution in [1.29, 1.82) is 0 Å². The van der Waals surface area contributed by atoms with Crippen molar-refractivity contribution in [2.24, 2.45) is 16.8 Å². The van der Waals surface area contributed by atoms with Gasteiger partial charge in [-0.2, -0.15) is 5.10 Å². The van der Waals surface area contributed by atoms with Gasteiger partial charge in [0.15, 0.2) is 5.84 Å². The summed E-state index contributed by atoms with van der Waals surface area (Å²) >= 11 is 6.15. The highest BCUT2D eigenvalue weighted by Crippen LogP contribution is 2.29. The number of carbonyl (C=O) groups excluding carboxylic acids is 1. The lowest BCUT2D eigenvalue weighted by Crippen LogP contribution is -2.46. The van der Waals surface area contributed by atoms with Crippen LogP contribution < -0.4 is 22.7 Å². The van der Waals surface area contributed by atoms with E-state index in [0.29, 0.717) is 23.4 Å². The molecule has 0 saturated carbocycles. The molecule has 0 aliphatic heterocycles. The average Bonchev–Trinajstić information content (AvgIpc) is 2.93. The van der Waals surface area contributed by atoms with Gasteiger partial charge in [0.05, 0.1) is 16.6 Å². The Hall–Kier alpha value is -3.73. The number of hydrogen-bond donors (Lipinski definition) is 4. The second kappa shape index (κ2) is 15.8. The van der Waals surface area contributed by atoms with Crippen LogP contribution in [0.4, 0.5) is 15.9 Å². The van der Waals surface area contributed by atoms with Crippen molar-refractivity contribution in [3.63, 3.8) is 0 Å². The summed E-state index contributed by atoms with van der Waals surface area (Å²) in [5.41, 5.74) is 9.63. The van der Waals surface area contributed by atoms with Crippen molar-refractivity contribution in [3.8, 4) is 11.1 Å². The lowest BCUT2D eigenvalue weighted by molar-refractivity contribution is -0.114. The molecule has 1 unspecified atom stereocenters. The predicted molar refractivity (Wildman–Crippen MR) is 164 cm³/mol. The number of nitrogens with zero attached hydrogens (tertiary/aromatic N) is 4. The van der Waals surface area contributed by atoms with Crippen molar-refractivity contribution >= 4 is 34.8 Å². The molecule has 1 amide bonds. The molecule has 0 bridgehead atoms. The summed E-state index contributed by atoms with van der Waals surface area (Å²) in [5, 5.41) is 7.79. The zero-order valence-corrected chi connectivity index (χ0v) is 24.4. The number of nitrogen functional groups attached to an aromatic ring is 1. The van der Waals surface area contributed by atoms with Gasteiger partial charge in [-0.1, -0.05) is 62.4 Å². The molecule has 7 N–H and O–H groups in total. The maximum absolute atomic E-state index is 15.1.